The summed E-state index contributed by atoms with van der Waals surface area (Å²) in [4.78, 5) is 22.0. The van der Waals surface area contributed by atoms with Gasteiger partial charge in [-0.25, -0.2) is 8.42 Å². The Bertz CT molecular complexity index is 547. The Morgan fingerprint density at radius 3 is 2.06 bits per heavy atom. The molecule has 1 atom stereocenters. The fourth-order valence-corrected chi connectivity index (χ4v) is 1.79. The zero-order chi connectivity index (χ0) is 13.2. The molecule has 0 aliphatic carbocycles. The number of benzene rings is 1. The van der Waals surface area contributed by atoms with E-state index in [4.69, 9.17) is 10.8 Å². The average molecular weight is 257 g/mol. The maximum absolute atomic E-state index is 11.5. The summed E-state index contributed by atoms with van der Waals surface area (Å²) in [5.74, 6) is -2.19. The van der Waals surface area contributed by atoms with Gasteiger partial charge in [0.05, 0.1) is 4.90 Å². The van der Waals surface area contributed by atoms with E-state index < -0.39 is 27.6 Å². The van der Waals surface area contributed by atoms with E-state index in [0.29, 0.717) is 0 Å². The third-order valence-corrected chi connectivity index (χ3v) is 3.24. The zero-order valence-electron chi connectivity index (χ0n) is 8.95. The summed E-state index contributed by atoms with van der Waals surface area (Å²) in [6.45, 7) is 0. The van der Waals surface area contributed by atoms with E-state index in [2.05, 4.69) is 0 Å². The van der Waals surface area contributed by atoms with Gasteiger partial charge in [0.25, 0.3) is 0 Å². The SMILES string of the molecule is CS(=O)(=O)c1ccc(C(=O)C(N)C(=O)O)cc1. The molecule has 0 aliphatic rings. The van der Waals surface area contributed by atoms with E-state index in [1.54, 1.807) is 0 Å². The highest BCUT2D eigenvalue weighted by atomic mass is 32.2. The Morgan fingerprint density at radius 2 is 1.71 bits per heavy atom. The Hall–Kier alpha value is -1.73. The van der Waals surface area contributed by atoms with Gasteiger partial charge in [-0.05, 0) is 12.1 Å². The zero-order valence-corrected chi connectivity index (χ0v) is 9.77. The minimum atomic E-state index is -3.34. The van der Waals surface area contributed by atoms with E-state index in [1.165, 1.54) is 24.3 Å². The van der Waals surface area contributed by atoms with Crippen LogP contribution in [-0.2, 0) is 14.6 Å². The van der Waals surface area contributed by atoms with Crippen LogP contribution in [0, 0.1) is 0 Å². The maximum atomic E-state index is 11.5. The normalized spacial score (nSPS) is 13.1. The molecule has 1 unspecified atom stereocenters. The molecule has 17 heavy (non-hydrogen) atoms. The summed E-state index contributed by atoms with van der Waals surface area (Å²) in [5.41, 5.74) is 5.21. The predicted molar refractivity (Wildman–Crippen MR) is 59.5 cm³/mol. The highest BCUT2D eigenvalue weighted by Gasteiger charge is 2.22. The number of sulfone groups is 1. The molecule has 0 radical (unpaired) electrons. The number of ketones is 1. The molecule has 1 aromatic carbocycles. The number of carbonyl (C=O) groups excluding carboxylic acids is 1. The minimum absolute atomic E-state index is 0.0537. The van der Waals surface area contributed by atoms with Gasteiger partial charge in [0, 0.05) is 11.8 Å². The van der Waals surface area contributed by atoms with Crippen molar-refractivity contribution in [3.8, 4) is 0 Å². The largest absolute Gasteiger partial charge is 0.480 e. The van der Waals surface area contributed by atoms with Crippen LogP contribution in [0.5, 0.6) is 0 Å². The maximum Gasteiger partial charge on any atom is 0.328 e. The van der Waals surface area contributed by atoms with Gasteiger partial charge in [0.15, 0.2) is 21.7 Å². The number of carboxylic acid groups (broad SMARTS) is 1. The summed E-state index contributed by atoms with van der Waals surface area (Å²) >= 11 is 0. The van der Waals surface area contributed by atoms with Gasteiger partial charge in [0.2, 0.25) is 0 Å². The first-order chi connectivity index (χ1) is 7.73. The summed E-state index contributed by atoms with van der Waals surface area (Å²) in [7, 11) is -3.34. The molecular weight excluding hydrogens is 246 g/mol. The van der Waals surface area contributed by atoms with E-state index >= 15 is 0 Å². The molecule has 0 aliphatic heterocycles. The smallest absolute Gasteiger partial charge is 0.328 e. The molecule has 0 saturated heterocycles. The summed E-state index contributed by atoms with van der Waals surface area (Å²) < 4.78 is 22.3. The number of carboxylic acids is 1. The van der Waals surface area contributed by atoms with Gasteiger partial charge < -0.3 is 10.8 Å². The number of Topliss-reactive ketones (excluding diaryl/α,β-unsaturated/α-hetero) is 1. The number of rotatable bonds is 4. The van der Waals surface area contributed by atoms with Crippen molar-refractivity contribution in [2.75, 3.05) is 6.26 Å². The Balaban J connectivity index is 3.04. The van der Waals surface area contributed by atoms with Gasteiger partial charge in [-0.1, -0.05) is 12.1 Å². The molecule has 92 valence electrons. The molecule has 1 rings (SSSR count). The van der Waals surface area contributed by atoms with Crippen LogP contribution in [0.4, 0.5) is 0 Å². The summed E-state index contributed by atoms with van der Waals surface area (Å²) in [5, 5.41) is 8.56. The third kappa shape index (κ3) is 3.11. The topological polar surface area (TPSA) is 115 Å². The summed E-state index contributed by atoms with van der Waals surface area (Å²) in [6, 6.07) is 3.30. The number of aliphatic carboxylic acids is 1. The lowest BCUT2D eigenvalue weighted by Crippen LogP contribution is -2.38. The first-order valence-electron chi connectivity index (χ1n) is 4.56. The van der Waals surface area contributed by atoms with Crippen LogP contribution < -0.4 is 5.73 Å². The second kappa shape index (κ2) is 4.64. The molecule has 3 N–H and O–H groups in total. The van der Waals surface area contributed by atoms with Crippen LogP contribution in [0.1, 0.15) is 10.4 Å². The van der Waals surface area contributed by atoms with Crippen molar-refractivity contribution >= 4 is 21.6 Å². The Morgan fingerprint density at radius 1 is 1.24 bits per heavy atom. The molecule has 0 bridgehead atoms. The highest BCUT2D eigenvalue weighted by molar-refractivity contribution is 7.90. The molecule has 0 saturated carbocycles. The fourth-order valence-electron chi connectivity index (χ4n) is 1.16. The standard InChI is InChI=1S/C10H11NO5S/c1-17(15,16)7-4-2-6(3-5-7)9(12)8(11)10(13)14/h2-5,8H,11H2,1H3,(H,13,14). The van der Waals surface area contributed by atoms with Crippen LogP contribution >= 0.6 is 0 Å². The van der Waals surface area contributed by atoms with E-state index in [1.807, 2.05) is 0 Å². The summed E-state index contributed by atoms with van der Waals surface area (Å²) in [6.07, 6.45) is 1.03. The van der Waals surface area contributed by atoms with Crippen LogP contribution in [-0.4, -0.2) is 37.6 Å². The van der Waals surface area contributed by atoms with Crippen LogP contribution in [0.3, 0.4) is 0 Å². The molecule has 6 nitrogen and oxygen atoms in total. The van der Waals surface area contributed by atoms with Crippen molar-refractivity contribution in [3.05, 3.63) is 29.8 Å². The van der Waals surface area contributed by atoms with Crippen molar-refractivity contribution in [3.63, 3.8) is 0 Å². The first-order valence-corrected chi connectivity index (χ1v) is 6.45. The molecule has 0 fully saturated rings. The van der Waals surface area contributed by atoms with Crippen LogP contribution in [0.15, 0.2) is 29.2 Å². The lowest BCUT2D eigenvalue weighted by Gasteiger charge is -2.05. The van der Waals surface area contributed by atoms with Crippen molar-refractivity contribution in [2.45, 2.75) is 10.9 Å². The molecule has 0 aromatic heterocycles. The van der Waals surface area contributed by atoms with E-state index in [9.17, 15) is 18.0 Å². The van der Waals surface area contributed by atoms with Crippen molar-refractivity contribution in [2.24, 2.45) is 5.73 Å². The van der Waals surface area contributed by atoms with Gasteiger partial charge in [-0.3, -0.25) is 9.59 Å². The van der Waals surface area contributed by atoms with Crippen molar-refractivity contribution in [1.82, 2.24) is 0 Å². The molecule has 0 heterocycles. The quantitative estimate of drug-likeness (QED) is 0.564. The fraction of sp³-hybridized carbons (Fsp3) is 0.200. The molecule has 0 spiro atoms. The Kier molecular flexibility index (Phi) is 3.64. The van der Waals surface area contributed by atoms with Crippen LogP contribution in [0.2, 0.25) is 0 Å². The third-order valence-electron chi connectivity index (χ3n) is 2.12. The van der Waals surface area contributed by atoms with Crippen molar-refractivity contribution < 1.29 is 23.1 Å². The van der Waals surface area contributed by atoms with Gasteiger partial charge in [-0.2, -0.15) is 0 Å². The predicted octanol–water partition coefficient (Wildman–Crippen LogP) is -0.315. The number of hydrogen-bond acceptors (Lipinski definition) is 5. The second-order valence-corrected chi connectivity index (χ2v) is 5.49. The molecule has 7 heteroatoms. The average Bonchev–Trinajstić information content (AvgIpc) is 2.26. The second-order valence-electron chi connectivity index (χ2n) is 3.48. The van der Waals surface area contributed by atoms with Gasteiger partial charge in [0.1, 0.15) is 0 Å². The molecule has 0 amide bonds. The van der Waals surface area contributed by atoms with Gasteiger partial charge in [-0.15, -0.1) is 0 Å². The monoisotopic (exact) mass is 257 g/mol. The lowest BCUT2D eigenvalue weighted by molar-refractivity contribution is -0.137. The van der Waals surface area contributed by atoms with Crippen LogP contribution in [0.25, 0.3) is 0 Å². The van der Waals surface area contributed by atoms with E-state index in [0.717, 1.165) is 6.26 Å². The number of hydrogen-bond donors (Lipinski definition) is 2. The Labute approximate surface area is 98.0 Å². The van der Waals surface area contributed by atoms with Gasteiger partial charge >= 0.3 is 5.97 Å². The number of nitrogens with two attached hydrogens (primary N) is 1. The number of carbonyl (C=O) groups is 2. The first kappa shape index (κ1) is 13.3. The lowest BCUT2D eigenvalue weighted by atomic mass is 10.1. The van der Waals surface area contributed by atoms with E-state index in [-0.39, 0.29) is 10.5 Å². The minimum Gasteiger partial charge on any atom is -0.480 e. The highest BCUT2D eigenvalue weighted by Crippen LogP contribution is 2.11. The molecule has 1 aromatic rings. The van der Waals surface area contributed by atoms with Crippen molar-refractivity contribution in [1.29, 1.82) is 0 Å². The molecular formula is C10H11NO5S.